The van der Waals surface area contributed by atoms with Crippen LogP contribution in [0.1, 0.15) is 29.2 Å². The molecule has 5 rings (SSSR count). The number of hydrazone groups is 1. The van der Waals surface area contributed by atoms with Gasteiger partial charge in [-0.25, -0.2) is 5.43 Å². The zero-order chi connectivity index (χ0) is 22.2. The second-order valence-electron chi connectivity index (χ2n) is 8.27. The fourth-order valence-corrected chi connectivity index (χ4v) is 5.55. The number of anilines is 1. The minimum Gasteiger partial charge on any atom is -0.325 e. The molecule has 3 N–H and O–H groups in total. The lowest BCUT2D eigenvalue weighted by Gasteiger charge is -2.36. The van der Waals surface area contributed by atoms with E-state index in [1.54, 1.807) is 0 Å². The largest absolute Gasteiger partial charge is 0.325 e. The van der Waals surface area contributed by atoms with Gasteiger partial charge in [-0.1, -0.05) is 57.5 Å². The Labute approximate surface area is 200 Å². The molecule has 0 aliphatic carbocycles. The lowest BCUT2D eigenvalue weighted by atomic mass is 9.95. The summed E-state index contributed by atoms with van der Waals surface area (Å²) >= 11 is 4.86. The Morgan fingerprint density at radius 2 is 2.12 bits per heavy atom. The van der Waals surface area contributed by atoms with Gasteiger partial charge < -0.3 is 15.2 Å². The van der Waals surface area contributed by atoms with Crippen LogP contribution in [-0.2, 0) is 4.79 Å². The number of rotatable bonds is 4. The van der Waals surface area contributed by atoms with Crippen LogP contribution in [0.4, 0.5) is 5.69 Å². The maximum Gasteiger partial charge on any atom is 0.234 e. The highest BCUT2D eigenvalue weighted by Gasteiger charge is 2.44. The molecule has 3 aliphatic rings. The van der Waals surface area contributed by atoms with Crippen molar-refractivity contribution in [2.75, 3.05) is 11.1 Å². The number of hydrogen-bond acceptors (Lipinski definition) is 7. The quantitative estimate of drug-likeness (QED) is 0.574. The van der Waals surface area contributed by atoms with E-state index >= 15 is 0 Å². The molecule has 2 aromatic rings. The number of benzene rings is 2. The molecule has 32 heavy (non-hydrogen) atoms. The van der Waals surface area contributed by atoms with Crippen molar-refractivity contribution >= 4 is 44.5 Å². The Kier molecular flexibility index (Phi) is 5.88. The van der Waals surface area contributed by atoms with E-state index in [1.165, 1.54) is 28.5 Å². The fourth-order valence-electron chi connectivity index (χ4n) is 4.38. The van der Waals surface area contributed by atoms with Crippen molar-refractivity contribution in [3.63, 3.8) is 0 Å². The molecule has 3 heterocycles. The normalized spacial score (nSPS) is 23.5. The van der Waals surface area contributed by atoms with Crippen molar-refractivity contribution < 1.29 is 4.79 Å². The topological polar surface area (TPSA) is 72.0 Å². The summed E-state index contributed by atoms with van der Waals surface area (Å²) in [6.45, 7) is 4.30. The highest BCUT2D eigenvalue weighted by atomic mass is 79.9. The molecule has 0 saturated carbocycles. The number of carbonyl (C=O) groups is 1. The minimum atomic E-state index is -0.0561. The summed E-state index contributed by atoms with van der Waals surface area (Å²) in [7, 11) is 0. The Morgan fingerprint density at radius 1 is 1.25 bits per heavy atom. The van der Waals surface area contributed by atoms with Crippen molar-refractivity contribution in [2.24, 2.45) is 5.10 Å². The molecular formula is C23H25BrN6OS. The predicted molar refractivity (Wildman–Crippen MR) is 133 cm³/mol. The van der Waals surface area contributed by atoms with Gasteiger partial charge in [0.1, 0.15) is 6.17 Å². The number of amidine groups is 1. The van der Waals surface area contributed by atoms with Crippen LogP contribution in [0.3, 0.4) is 0 Å². The molecular weight excluding hydrogens is 488 g/mol. The van der Waals surface area contributed by atoms with Crippen molar-refractivity contribution in [3.8, 4) is 0 Å². The molecule has 0 bridgehead atoms. The second-order valence-corrected chi connectivity index (χ2v) is 10.1. The van der Waals surface area contributed by atoms with E-state index in [2.05, 4.69) is 85.4 Å². The smallest absolute Gasteiger partial charge is 0.234 e. The first-order chi connectivity index (χ1) is 15.5. The number of fused-ring (bicyclic) bond motifs is 3. The summed E-state index contributed by atoms with van der Waals surface area (Å²) in [4.78, 5) is 14.5. The number of nitrogens with zero attached hydrogens (tertiary/aromatic N) is 3. The van der Waals surface area contributed by atoms with E-state index in [0.29, 0.717) is 5.75 Å². The third-order valence-electron chi connectivity index (χ3n) is 5.96. The summed E-state index contributed by atoms with van der Waals surface area (Å²) in [6, 6.07) is 14.7. The lowest BCUT2D eigenvalue weighted by Crippen LogP contribution is -2.54. The number of hydrogen-bond donors (Lipinski definition) is 3. The fraction of sp³-hybridized carbons (Fsp3) is 0.304. The van der Waals surface area contributed by atoms with Crippen molar-refractivity contribution in [2.45, 2.75) is 38.5 Å². The van der Waals surface area contributed by atoms with Gasteiger partial charge in [0, 0.05) is 22.6 Å². The van der Waals surface area contributed by atoms with E-state index < -0.39 is 0 Å². The first-order valence-corrected chi connectivity index (χ1v) is 12.4. The summed E-state index contributed by atoms with van der Waals surface area (Å²) < 4.78 is 0.933. The molecule has 0 spiro atoms. The number of amides is 1. The molecule has 3 atom stereocenters. The average Bonchev–Trinajstić information content (AvgIpc) is 3.37. The molecule has 0 aromatic heterocycles. The SMILES string of the molecule is Cc1ccc(C)c(C2CC3C4NN=C(SCC(=O)Nc5cccc(Br)c5)N4C=CN3N2)c1. The van der Waals surface area contributed by atoms with Crippen LogP contribution in [0.25, 0.3) is 0 Å². The highest BCUT2D eigenvalue weighted by Crippen LogP contribution is 2.36. The summed E-state index contributed by atoms with van der Waals surface area (Å²) in [5, 5.41) is 10.4. The number of halogens is 1. The van der Waals surface area contributed by atoms with Crippen molar-refractivity contribution in [1.82, 2.24) is 20.8 Å². The molecule has 3 aliphatic heterocycles. The highest BCUT2D eigenvalue weighted by molar-refractivity contribution is 9.10. The van der Waals surface area contributed by atoms with Crippen LogP contribution >= 0.6 is 27.7 Å². The summed E-state index contributed by atoms with van der Waals surface area (Å²) in [6.07, 6.45) is 5.10. The van der Waals surface area contributed by atoms with Crippen LogP contribution in [-0.4, -0.2) is 38.9 Å². The van der Waals surface area contributed by atoms with Crippen LogP contribution in [0.15, 0.2) is 64.4 Å². The molecule has 1 amide bonds. The zero-order valence-electron chi connectivity index (χ0n) is 17.9. The Bertz CT molecular complexity index is 1110. The van der Waals surface area contributed by atoms with Gasteiger partial charge in [-0.15, -0.1) is 0 Å². The maximum absolute atomic E-state index is 12.4. The average molecular weight is 513 g/mol. The molecule has 1 fully saturated rings. The van der Waals surface area contributed by atoms with Crippen molar-refractivity contribution in [3.05, 3.63) is 76.0 Å². The van der Waals surface area contributed by atoms with E-state index in [4.69, 9.17) is 0 Å². The Balaban J connectivity index is 1.20. The van der Waals surface area contributed by atoms with Gasteiger partial charge >= 0.3 is 0 Å². The van der Waals surface area contributed by atoms with Gasteiger partial charge in [-0.05, 0) is 49.6 Å². The van der Waals surface area contributed by atoms with Gasteiger partial charge in [0.05, 0.1) is 17.8 Å². The predicted octanol–water partition coefficient (Wildman–Crippen LogP) is 4.04. The van der Waals surface area contributed by atoms with Crippen LogP contribution in [0.2, 0.25) is 0 Å². The summed E-state index contributed by atoms with van der Waals surface area (Å²) in [5.41, 5.74) is 11.6. The number of thioether (sulfide) groups is 1. The zero-order valence-corrected chi connectivity index (χ0v) is 20.3. The molecule has 2 aromatic carbocycles. The first-order valence-electron chi connectivity index (χ1n) is 10.6. The minimum absolute atomic E-state index is 0.0401. The number of nitrogens with one attached hydrogen (secondary N) is 3. The number of aryl methyl sites for hydroxylation is 2. The van der Waals surface area contributed by atoms with E-state index in [9.17, 15) is 4.79 Å². The Morgan fingerprint density at radius 3 is 2.97 bits per heavy atom. The van der Waals surface area contributed by atoms with Crippen LogP contribution in [0, 0.1) is 13.8 Å². The standard InChI is InChI=1S/C23H25BrN6OS/c1-14-6-7-15(2)18(10-14)19-12-20-22-26-27-23(29(22)8-9-30(20)28-19)32-13-21(31)25-17-5-3-4-16(24)11-17/h3-11,19-20,22,26,28H,12-13H2,1-2H3,(H,25,31). The van der Waals surface area contributed by atoms with Gasteiger partial charge in [0.25, 0.3) is 0 Å². The second kappa shape index (κ2) is 8.80. The van der Waals surface area contributed by atoms with Crippen LogP contribution in [0.5, 0.6) is 0 Å². The third-order valence-corrected chi connectivity index (χ3v) is 7.42. The van der Waals surface area contributed by atoms with Crippen LogP contribution < -0.4 is 16.2 Å². The Hall–Kier alpha value is -2.49. The molecule has 7 nitrogen and oxygen atoms in total. The van der Waals surface area contributed by atoms with E-state index in [-0.39, 0.29) is 24.2 Å². The molecule has 9 heteroatoms. The third kappa shape index (κ3) is 4.24. The van der Waals surface area contributed by atoms with E-state index in [0.717, 1.165) is 21.7 Å². The van der Waals surface area contributed by atoms with Gasteiger partial charge in [-0.3, -0.25) is 10.2 Å². The molecule has 166 valence electrons. The lowest BCUT2D eigenvalue weighted by molar-refractivity contribution is -0.113. The van der Waals surface area contributed by atoms with Crippen molar-refractivity contribution in [1.29, 1.82) is 0 Å². The van der Waals surface area contributed by atoms with E-state index in [1.807, 2.05) is 30.5 Å². The maximum atomic E-state index is 12.4. The first kappa shape index (κ1) is 21.4. The number of hydrazine groups is 1. The molecule has 0 radical (unpaired) electrons. The van der Waals surface area contributed by atoms with Gasteiger partial charge in [0.15, 0.2) is 5.17 Å². The van der Waals surface area contributed by atoms with Gasteiger partial charge in [0.2, 0.25) is 5.91 Å². The molecule has 3 unspecified atom stereocenters. The number of carbonyl (C=O) groups excluding carboxylic acids is 1. The monoisotopic (exact) mass is 512 g/mol. The van der Waals surface area contributed by atoms with Gasteiger partial charge in [-0.2, -0.15) is 5.10 Å². The summed E-state index contributed by atoms with van der Waals surface area (Å²) in [5.74, 6) is 0.237. The molecule has 1 saturated heterocycles.